The number of rotatable bonds is 7. The third-order valence-corrected chi connectivity index (χ3v) is 6.69. The second-order valence-corrected chi connectivity index (χ2v) is 9.14. The number of carbonyl (C=O) groups is 1. The molecule has 0 spiro atoms. The standard InChI is InChI=1S/C29H27N7O/c1-21(23-10-6-3-7-11-23)32-28-30-15-14-27(33-28)36-20-31-25-18-24(12-13-26(25)36)35-17-16-34(29(35)37)19-22-8-4-2-5-9-22/h2-15,18,20-21H,16-17,19H2,1H3,(H,30,32,33). The van der Waals surface area contributed by atoms with Gasteiger partial charge in [0, 0.05) is 31.5 Å². The molecular formula is C29H27N7O. The molecule has 5 aromatic rings. The zero-order valence-electron chi connectivity index (χ0n) is 20.5. The summed E-state index contributed by atoms with van der Waals surface area (Å²) >= 11 is 0. The summed E-state index contributed by atoms with van der Waals surface area (Å²) in [5, 5.41) is 3.38. The number of hydrogen-bond donors (Lipinski definition) is 1. The van der Waals surface area contributed by atoms with Gasteiger partial charge in [0.05, 0.1) is 17.1 Å². The van der Waals surface area contributed by atoms with Gasteiger partial charge in [-0.15, -0.1) is 0 Å². The number of nitrogens with one attached hydrogen (secondary N) is 1. The molecule has 0 saturated carbocycles. The Morgan fingerprint density at radius 1 is 0.919 bits per heavy atom. The Kier molecular flexibility index (Phi) is 5.98. The lowest BCUT2D eigenvalue weighted by Gasteiger charge is -2.19. The Balaban J connectivity index is 1.21. The van der Waals surface area contributed by atoms with Crippen molar-refractivity contribution >= 4 is 28.7 Å². The first-order valence-electron chi connectivity index (χ1n) is 12.4. The lowest BCUT2D eigenvalue weighted by molar-refractivity contribution is 0.219. The van der Waals surface area contributed by atoms with E-state index in [9.17, 15) is 4.79 Å². The maximum absolute atomic E-state index is 13.1. The summed E-state index contributed by atoms with van der Waals surface area (Å²) < 4.78 is 1.94. The fraction of sp³-hybridized carbons (Fsp3) is 0.172. The lowest BCUT2D eigenvalue weighted by atomic mass is 10.1. The number of amides is 2. The van der Waals surface area contributed by atoms with E-state index in [2.05, 4.69) is 34.3 Å². The number of benzene rings is 3. The maximum atomic E-state index is 13.1. The summed E-state index contributed by atoms with van der Waals surface area (Å²) in [6, 6.07) is 28.2. The van der Waals surface area contributed by atoms with Crippen molar-refractivity contribution in [3.63, 3.8) is 0 Å². The molecule has 2 amide bonds. The zero-order valence-corrected chi connectivity index (χ0v) is 20.5. The van der Waals surface area contributed by atoms with Gasteiger partial charge in [0.25, 0.3) is 0 Å². The van der Waals surface area contributed by atoms with Crippen LogP contribution in [0.4, 0.5) is 16.4 Å². The van der Waals surface area contributed by atoms with E-state index in [1.165, 1.54) is 0 Å². The van der Waals surface area contributed by atoms with Crippen LogP contribution >= 0.6 is 0 Å². The molecule has 0 radical (unpaired) electrons. The summed E-state index contributed by atoms with van der Waals surface area (Å²) in [4.78, 5) is 30.5. The number of aromatic nitrogens is 4. The fourth-order valence-electron chi connectivity index (χ4n) is 4.70. The number of anilines is 2. The third kappa shape index (κ3) is 4.61. The Bertz CT molecular complexity index is 1530. The Morgan fingerprint density at radius 3 is 2.51 bits per heavy atom. The number of imidazole rings is 1. The van der Waals surface area contributed by atoms with E-state index < -0.39 is 0 Å². The quantitative estimate of drug-likeness (QED) is 0.330. The molecule has 8 heteroatoms. The van der Waals surface area contributed by atoms with Crippen LogP contribution in [-0.4, -0.2) is 43.5 Å². The molecule has 1 aliphatic rings. The Morgan fingerprint density at radius 2 is 1.70 bits per heavy atom. The monoisotopic (exact) mass is 489 g/mol. The molecule has 184 valence electrons. The first-order valence-corrected chi connectivity index (χ1v) is 12.4. The topological polar surface area (TPSA) is 79.2 Å². The highest BCUT2D eigenvalue weighted by molar-refractivity contribution is 5.96. The molecule has 37 heavy (non-hydrogen) atoms. The zero-order chi connectivity index (χ0) is 25.2. The summed E-state index contributed by atoms with van der Waals surface area (Å²) in [5.41, 5.74) is 4.86. The van der Waals surface area contributed by atoms with Crippen LogP contribution in [0.5, 0.6) is 0 Å². The predicted molar refractivity (Wildman–Crippen MR) is 145 cm³/mol. The van der Waals surface area contributed by atoms with Crippen LogP contribution in [0.25, 0.3) is 16.9 Å². The molecule has 0 aliphatic carbocycles. The fourth-order valence-corrected chi connectivity index (χ4v) is 4.70. The summed E-state index contributed by atoms with van der Waals surface area (Å²) in [6.45, 7) is 4.04. The molecule has 1 fully saturated rings. The van der Waals surface area contributed by atoms with Gasteiger partial charge in [-0.2, -0.15) is 4.98 Å². The van der Waals surface area contributed by atoms with E-state index in [0.717, 1.165) is 33.7 Å². The van der Waals surface area contributed by atoms with Gasteiger partial charge in [-0.05, 0) is 42.3 Å². The molecule has 1 aliphatic heterocycles. The van der Waals surface area contributed by atoms with Crippen LogP contribution < -0.4 is 10.2 Å². The van der Waals surface area contributed by atoms with Crippen molar-refractivity contribution in [2.75, 3.05) is 23.3 Å². The number of nitrogens with zero attached hydrogens (tertiary/aromatic N) is 6. The second-order valence-electron chi connectivity index (χ2n) is 9.14. The van der Waals surface area contributed by atoms with Crippen molar-refractivity contribution in [1.82, 2.24) is 24.4 Å². The highest BCUT2D eigenvalue weighted by atomic mass is 16.2. The van der Waals surface area contributed by atoms with Crippen LogP contribution in [0.2, 0.25) is 0 Å². The molecule has 6 rings (SSSR count). The predicted octanol–water partition coefficient (Wildman–Crippen LogP) is 5.43. The average Bonchev–Trinajstić information content (AvgIpc) is 3.53. The van der Waals surface area contributed by atoms with E-state index in [-0.39, 0.29) is 12.1 Å². The highest BCUT2D eigenvalue weighted by Gasteiger charge is 2.29. The Hall–Kier alpha value is -4.72. The van der Waals surface area contributed by atoms with Crippen LogP contribution in [0.15, 0.2) is 97.5 Å². The number of carbonyl (C=O) groups excluding carboxylic acids is 1. The number of hydrogen-bond acceptors (Lipinski definition) is 5. The van der Waals surface area contributed by atoms with Crippen LogP contribution in [0.3, 0.4) is 0 Å². The minimum atomic E-state index is 0.0155. The molecule has 0 bridgehead atoms. The van der Waals surface area contributed by atoms with Gasteiger partial charge in [0.2, 0.25) is 5.95 Å². The number of fused-ring (bicyclic) bond motifs is 1. The molecule has 1 atom stereocenters. The van der Waals surface area contributed by atoms with Gasteiger partial charge in [0.15, 0.2) is 0 Å². The van der Waals surface area contributed by atoms with Gasteiger partial charge in [-0.25, -0.2) is 14.8 Å². The summed E-state index contributed by atoms with van der Waals surface area (Å²) in [5.74, 6) is 1.27. The van der Waals surface area contributed by atoms with E-state index in [1.807, 2.05) is 87.2 Å². The van der Waals surface area contributed by atoms with E-state index in [0.29, 0.717) is 25.6 Å². The van der Waals surface area contributed by atoms with Crippen molar-refractivity contribution in [2.24, 2.45) is 0 Å². The van der Waals surface area contributed by atoms with Gasteiger partial charge >= 0.3 is 6.03 Å². The molecule has 1 unspecified atom stereocenters. The first-order chi connectivity index (χ1) is 18.2. The van der Waals surface area contributed by atoms with Crippen molar-refractivity contribution in [1.29, 1.82) is 0 Å². The molecule has 1 saturated heterocycles. The second kappa shape index (κ2) is 9.73. The maximum Gasteiger partial charge on any atom is 0.324 e. The smallest absolute Gasteiger partial charge is 0.324 e. The molecular weight excluding hydrogens is 462 g/mol. The molecule has 3 heterocycles. The van der Waals surface area contributed by atoms with Crippen molar-refractivity contribution in [2.45, 2.75) is 19.5 Å². The summed E-state index contributed by atoms with van der Waals surface area (Å²) in [6.07, 6.45) is 3.50. The first kappa shape index (κ1) is 22.7. The SMILES string of the molecule is CC(Nc1nccc(-n2cnc3cc(N4CCN(Cc5ccccc5)C4=O)ccc32)n1)c1ccccc1. The normalized spacial score (nSPS) is 14.4. The van der Waals surface area contributed by atoms with Crippen molar-refractivity contribution in [3.05, 3.63) is 109 Å². The van der Waals surface area contributed by atoms with Gasteiger partial charge in [-0.1, -0.05) is 60.7 Å². The highest BCUT2D eigenvalue weighted by Crippen LogP contribution is 2.27. The van der Waals surface area contributed by atoms with Crippen LogP contribution in [0.1, 0.15) is 24.1 Å². The van der Waals surface area contributed by atoms with E-state index in [4.69, 9.17) is 4.98 Å². The van der Waals surface area contributed by atoms with Gasteiger partial charge < -0.3 is 10.2 Å². The van der Waals surface area contributed by atoms with E-state index in [1.54, 1.807) is 12.5 Å². The van der Waals surface area contributed by atoms with Gasteiger partial charge in [-0.3, -0.25) is 9.47 Å². The third-order valence-electron chi connectivity index (χ3n) is 6.69. The lowest BCUT2D eigenvalue weighted by Crippen LogP contribution is -2.31. The average molecular weight is 490 g/mol. The van der Waals surface area contributed by atoms with Crippen LogP contribution in [0, 0.1) is 0 Å². The van der Waals surface area contributed by atoms with Crippen molar-refractivity contribution < 1.29 is 4.79 Å². The minimum Gasteiger partial charge on any atom is -0.348 e. The minimum absolute atomic E-state index is 0.0155. The molecule has 2 aromatic heterocycles. The van der Waals surface area contributed by atoms with Crippen LogP contribution in [-0.2, 0) is 6.54 Å². The largest absolute Gasteiger partial charge is 0.348 e. The molecule has 3 aromatic carbocycles. The summed E-state index contributed by atoms with van der Waals surface area (Å²) in [7, 11) is 0. The van der Waals surface area contributed by atoms with Gasteiger partial charge in [0.1, 0.15) is 12.1 Å². The van der Waals surface area contributed by atoms with E-state index >= 15 is 0 Å². The molecule has 8 nitrogen and oxygen atoms in total. The number of urea groups is 1. The van der Waals surface area contributed by atoms with Crippen molar-refractivity contribution in [3.8, 4) is 5.82 Å². The Labute approximate surface area is 215 Å². The molecule has 1 N–H and O–H groups in total.